The van der Waals surface area contributed by atoms with E-state index in [2.05, 4.69) is 99.5 Å². The van der Waals surface area contributed by atoms with Crippen molar-refractivity contribution in [1.82, 2.24) is 5.32 Å². The predicted octanol–water partition coefficient (Wildman–Crippen LogP) is 6.37. The van der Waals surface area contributed by atoms with Crippen molar-refractivity contribution in [3.8, 4) is 0 Å². The van der Waals surface area contributed by atoms with Gasteiger partial charge in [0.1, 0.15) is 0 Å². The number of aryl methyl sites for hydroxylation is 1. The molecule has 29 heavy (non-hydrogen) atoms. The maximum Gasteiger partial charge on any atom is 0.0681 e. The maximum absolute atomic E-state index is 3.78. The lowest BCUT2D eigenvalue weighted by atomic mass is 9.92. The van der Waals surface area contributed by atoms with Crippen molar-refractivity contribution < 1.29 is 0 Å². The lowest BCUT2D eigenvalue weighted by molar-refractivity contribution is 0.653. The fourth-order valence-corrected chi connectivity index (χ4v) is 3.73. The third kappa shape index (κ3) is 6.78. The van der Waals surface area contributed by atoms with Gasteiger partial charge in [0, 0.05) is 24.5 Å². The molecule has 2 N–H and O–H groups in total. The molecule has 3 nitrogen and oxygen atoms in total. The fourth-order valence-electron chi connectivity index (χ4n) is 3.73. The molecule has 160 valence electrons. The molecule has 2 aromatic carbocycles. The Labute approximate surface area is 178 Å². The summed E-state index contributed by atoms with van der Waals surface area (Å²) >= 11 is 0. The number of benzene rings is 2. The SMILES string of the molecule is CCNCN(CCCNc1c(C(C)C)cccc1C(C)C)c1ccc(CC)cc1. The minimum absolute atomic E-state index is 0.526. The lowest BCUT2D eigenvalue weighted by Gasteiger charge is -2.26. The van der Waals surface area contributed by atoms with Crippen molar-refractivity contribution in [2.45, 2.75) is 66.2 Å². The molecular formula is C26H41N3. The number of nitrogens with one attached hydrogen (secondary N) is 2. The monoisotopic (exact) mass is 395 g/mol. The van der Waals surface area contributed by atoms with Crippen LogP contribution in [0.25, 0.3) is 0 Å². The van der Waals surface area contributed by atoms with Gasteiger partial charge in [-0.3, -0.25) is 0 Å². The number of hydrogen-bond acceptors (Lipinski definition) is 3. The van der Waals surface area contributed by atoms with Crippen LogP contribution >= 0.6 is 0 Å². The van der Waals surface area contributed by atoms with E-state index < -0.39 is 0 Å². The van der Waals surface area contributed by atoms with Gasteiger partial charge in [0.2, 0.25) is 0 Å². The molecule has 0 fully saturated rings. The van der Waals surface area contributed by atoms with Crippen molar-refractivity contribution in [3.63, 3.8) is 0 Å². The highest BCUT2D eigenvalue weighted by molar-refractivity contribution is 5.60. The van der Waals surface area contributed by atoms with Gasteiger partial charge in [0.15, 0.2) is 0 Å². The quantitative estimate of drug-likeness (QED) is 0.323. The number of nitrogens with zero attached hydrogens (tertiary/aromatic N) is 1. The first-order chi connectivity index (χ1) is 14.0. The van der Waals surface area contributed by atoms with E-state index >= 15 is 0 Å². The summed E-state index contributed by atoms with van der Waals surface area (Å²) in [6, 6.07) is 15.8. The zero-order valence-electron chi connectivity index (χ0n) is 19.4. The largest absolute Gasteiger partial charge is 0.385 e. The van der Waals surface area contributed by atoms with Gasteiger partial charge in [0.05, 0.1) is 6.67 Å². The average Bonchev–Trinajstić information content (AvgIpc) is 2.73. The molecular weight excluding hydrogens is 354 g/mol. The zero-order chi connectivity index (χ0) is 21.2. The summed E-state index contributed by atoms with van der Waals surface area (Å²) in [5.41, 5.74) is 6.90. The van der Waals surface area contributed by atoms with Crippen LogP contribution in [-0.4, -0.2) is 26.3 Å². The first-order valence-corrected chi connectivity index (χ1v) is 11.4. The first kappa shape index (κ1) is 23.3. The van der Waals surface area contributed by atoms with Gasteiger partial charge in [-0.25, -0.2) is 0 Å². The minimum Gasteiger partial charge on any atom is -0.385 e. The Hall–Kier alpha value is -2.00. The first-order valence-electron chi connectivity index (χ1n) is 11.4. The molecule has 0 radical (unpaired) electrons. The van der Waals surface area contributed by atoms with E-state index in [9.17, 15) is 0 Å². The van der Waals surface area contributed by atoms with Crippen LogP contribution in [0.4, 0.5) is 11.4 Å². The predicted molar refractivity (Wildman–Crippen MR) is 129 cm³/mol. The van der Waals surface area contributed by atoms with E-state index in [1.165, 1.54) is 28.1 Å². The molecule has 0 atom stereocenters. The Balaban J connectivity index is 2.02. The van der Waals surface area contributed by atoms with E-state index in [-0.39, 0.29) is 0 Å². The van der Waals surface area contributed by atoms with E-state index in [1.54, 1.807) is 0 Å². The average molecular weight is 396 g/mol. The van der Waals surface area contributed by atoms with Gasteiger partial charge in [0.25, 0.3) is 0 Å². The molecule has 0 saturated heterocycles. The molecule has 0 aromatic heterocycles. The Morgan fingerprint density at radius 1 is 0.862 bits per heavy atom. The van der Waals surface area contributed by atoms with E-state index in [0.717, 1.165) is 39.1 Å². The Kier molecular flexibility index (Phi) is 9.53. The van der Waals surface area contributed by atoms with Gasteiger partial charge in [-0.05, 0) is 60.0 Å². The topological polar surface area (TPSA) is 27.3 Å². The van der Waals surface area contributed by atoms with Gasteiger partial charge in [-0.15, -0.1) is 0 Å². The van der Waals surface area contributed by atoms with Crippen LogP contribution in [0.3, 0.4) is 0 Å². The normalized spacial score (nSPS) is 11.3. The lowest BCUT2D eigenvalue weighted by Crippen LogP contribution is -2.35. The Bertz CT molecular complexity index is 693. The summed E-state index contributed by atoms with van der Waals surface area (Å²) in [4.78, 5) is 2.45. The molecule has 0 saturated carbocycles. The summed E-state index contributed by atoms with van der Waals surface area (Å²) in [6.07, 6.45) is 2.19. The van der Waals surface area contributed by atoms with Gasteiger partial charge in [-0.1, -0.05) is 71.9 Å². The van der Waals surface area contributed by atoms with Crippen molar-refractivity contribution in [2.75, 3.05) is 36.5 Å². The third-order valence-electron chi connectivity index (χ3n) is 5.54. The van der Waals surface area contributed by atoms with Crippen molar-refractivity contribution in [3.05, 3.63) is 59.2 Å². The molecule has 2 rings (SSSR count). The van der Waals surface area contributed by atoms with Crippen LogP contribution in [-0.2, 0) is 6.42 Å². The number of hydrogen-bond donors (Lipinski definition) is 2. The second-order valence-corrected chi connectivity index (χ2v) is 8.45. The Morgan fingerprint density at radius 2 is 1.48 bits per heavy atom. The second-order valence-electron chi connectivity index (χ2n) is 8.45. The number of rotatable bonds is 12. The number of para-hydroxylation sites is 1. The van der Waals surface area contributed by atoms with Crippen LogP contribution < -0.4 is 15.5 Å². The zero-order valence-corrected chi connectivity index (χ0v) is 19.4. The summed E-state index contributed by atoms with van der Waals surface area (Å²) < 4.78 is 0. The molecule has 3 heteroatoms. The molecule has 0 aliphatic rings. The highest BCUT2D eigenvalue weighted by atomic mass is 15.2. The van der Waals surface area contributed by atoms with Crippen LogP contribution in [0, 0.1) is 0 Å². The molecule has 0 heterocycles. The van der Waals surface area contributed by atoms with E-state index in [1.807, 2.05) is 0 Å². The minimum atomic E-state index is 0.526. The molecule has 0 aliphatic carbocycles. The molecule has 0 spiro atoms. The Morgan fingerprint density at radius 3 is 2.00 bits per heavy atom. The van der Waals surface area contributed by atoms with Crippen LogP contribution in [0.15, 0.2) is 42.5 Å². The standard InChI is InChI=1S/C26H41N3/c1-7-22-13-15-23(16-14-22)29(19-27-8-2)18-10-17-28-26-24(20(3)4)11-9-12-25(26)21(5)6/h9,11-16,20-21,27-28H,7-8,10,17-19H2,1-6H3. The molecule has 0 bridgehead atoms. The van der Waals surface area contributed by atoms with Crippen LogP contribution in [0.5, 0.6) is 0 Å². The third-order valence-corrected chi connectivity index (χ3v) is 5.54. The van der Waals surface area contributed by atoms with Crippen molar-refractivity contribution >= 4 is 11.4 Å². The van der Waals surface area contributed by atoms with Crippen LogP contribution in [0.1, 0.15) is 76.5 Å². The van der Waals surface area contributed by atoms with Crippen molar-refractivity contribution in [1.29, 1.82) is 0 Å². The second kappa shape index (κ2) is 11.9. The summed E-state index contributed by atoms with van der Waals surface area (Å²) in [7, 11) is 0. The molecule has 0 aliphatic heterocycles. The van der Waals surface area contributed by atoms with Gasteiger partial charge in [-0.2, -0.15) is 0 Å². The smallest absolute Gasteiger partial charge is 0.0681 e. The van der Waals surface area contributed by atoms with E-state index in [4.69, 9.17) is 0 Å². The summed E-state index contributed by atoms with van der Waals surface area (Å²) in [6.45, 7) is 17.4. The van der Waals surface area contributed by atoms with Crippen LogP contribution in [0.2, 0.25) is 0 Å². The van der Waals surface area contributed by atoms with Gasteiger partial charge < -0.3 is 15.5 Å². The van der Waals surface area contributed by atoms with Gasteiger partial charge >= 0.3 is 0 Å². The highest BCUT2D eigenvalue weighted by Gasteiger charge is 2.13. The maximum atomic E-state index is 3.78. The number of anilines is 2. The highest BCUT2D eigenvalue weighted by Crippen LogP contribution is 2.32. The fraction of sp³-hybridized carbons (Fsp3) is 0.538. The van der Waals surface area contributed by atoms with Crippen molar-refractivity contribution in [2.24, 2.45) is 0 Å². The summed E-state index contributed by atoms with van der Waals surface area (Å²) in [5.74, 6) is 1.05. The summed E-state index contributed by atoms with van der Waals surface area (Å²) in [5, 5.41) is 7.27. The molecule has 2 aromatic rings. The molecule has 0 amide bonds. The molecule has 0 unspecified atom stereocenters. The van der Waals surface area contributed by atoms with E-state index in [0.29, 0.717) is 11.8 Å².